The van der Waals surface area contributed by atoms with Crippen molar-refractivity contribution in [2.45, 2.75) is 64.2 Å². The Morgan fingerprint density at radius 2 is 0.614 bits per heavy atom. The third kappa shape index (κ3) is 10.8. The van der Waals surface area contributed by atoms with Gasteiger partial charge in [-0.2, -0.15) is 0 Å². The van der Waals surface area contributed by atoms with Gasteiger partial charge in [-0.3, -0.25) is 9.59 Å². The van der Waals surface area contributed by atoms with Crippen LogP contribution in [0.25, 0.3) is 0 Å². The first-order valence-corrected chi connectivity index (χ1v) is 19.8. The van der Waals surface area contributed by atoms with Crippen molar-refractivity contribution in [3.05, 3.63) is 58.0 Å². The normalized spacial score (nSPS) is 11.0. The zero-order valence-electron chi connectivity index (χ0n) is 23.0. The third-order valence-electron chi connectivity index (χ3n) is 6.59. The number of nitrogens with one attached hydrogen (secondary N) is 2. The molecule has 0 saturated carbocycles. The van der Waals surface area contributed by atoms with Crippen LogP contribution in [-0.4, -0.2) is 47.1 Å². The molecule has 44 heavy (non-hydrogen) atoms. The van der Waals surface area contributed by atoms with Gasteiger partial charge in [-0.05, 0) is 140 Å². The number of halogens is 8. The van der Waals surface area contributed by atoms with Gasteiger partial charge in [0.05, 0.1) is 22.3 Å². The quantitative estimate of drug-likeness (QED) is 0.0709. The Morgan fingerprint density at radius 1 is 0.386 bits per heavy atom. The fourth-order valence-electron chi connectivity index (χ4n) is 4.34. The van der Waals surface area contributed by atoms with Gasteiger partial charge in [0.2, 0.25) is 0 Å². The molecule has 0 atom stereocenters. The average molecular weight is 1130 g/mol. The average Bonchev–Trinajstić information content (AvgIpc) is 2.97. The zero-order valence-corrected chi connectivity index (χ0v) is 35.7. The van der Waals surface area contributed by atoms with Crippen molar-refractivity contribution in [3.8, 4) is 0 Å². The van der Waals surface area contributed by atoms with E-state index in [4.69, 9.17) is 0 Å². The summed E-state index contributed by atoms with van der Waals surface area (Å²) in [5, 5.41) is 24.9. The molecule has 0 spiro atoms. The first kappa shape index (κ1) is 40.3. The Bertz CT molecular complexity index is 1310. The van der Waals surface area contributed by atoms with Gasteiger partial charge in [0.1, 0.15) is 0 Å². The molecular formula is C28H28Br8N2O6. The number of unbranched alkanes of at least 4 members (excludes halogenated alkanes) is 9. The van der Waals surface area contributed by atoms with Crippen LogP contribution >= 0.6 is 127 Å². The molecule has 0 aromatic heterocycles. The second-order valence-corrected chi connectivity index (χ2v) is 16.0. The van der Waals surface area contributed by atoms with E-state index in [0.29, 0.717) is 48.9 Å². The van der Waals surface area contributed by atoms with Crippen LogP contribution in [0.3, 0.4) is 0 Å². The van der Waals surface area contributed by atoms with Crippen molar-refractivity contribution in [2.24, 2.45) is 0 Å². The van der Waals surface area contributed by atoms with Crippen molar-refractivity contribution in [1.29, 1.82) is 0 Å². The molecule has 0 radical (unpaired) electrons. The number of hydrogen-bond acceptors (Lipinski definition) is 4. The van der Waals surface area contributed by atoms with Gasteiger partial charge in [-0.25, -0.2) is 9.59 Å². The SMILES string of the molecule is O=C(O)c1c(Br)c(Br)c(Br)c(Br)c1C(=O)NCCCCCCCCCCCCNC(=O)c1c(Br)c(Br)c(Br)c(Br)c1C(=O)O. The smallest absolute Gasteiger partial charge is 0.337 e. The summed E-state index contributed by atoms with van der Waals surface area (Å²) in [5.41, 5.74) is -0.0970. The first-order valence-electron chi connectivity index (χ1n) is 13.5. The Hall–Kier alpha value is 0.160. The lowest BCUT2D eigenvalue weighted by Gasteiger charge is -2.14. The molecular weight excluding hydrogens is 1100 g/mol. The largest absolute Gasteiger partial charge is 0.478 e. The fraction of sp³-hybridized carbons (Fsp3) is 0.429. The molecule has 4 N–H and O–H groups in total. The van der Waals surface area contributed by atoms with Crippen LogP contribution in [0.2, 0.25) is 0 Å². The van der Waals surface area contributed by atoms with Gasteiger partial charge in [0, 0.05) is 48.9 Å². The summed E-state index contributed by atoms with van der Waals surface area (Å²) in [6, 6.07) is 0. The van der Waals surface area contributed by atoms with Gasteiger partial charge in [-0.15, -0.1) is 0 Å². The number of carbonyl (C=O) groups excluding carboxylic acids is 2. The molecule has 0 bridgehead atoms. The summed E-state index contributed by atoms with van der Waals surface area (Å²) in [4.78, 5) is 49.1. The lowest BCUT2D eigenvalue weighted by Crippen LogP contribution is -2.27. The second kappa shape index (κ2) is 19.9. The molecule has 8 nitrogen and oxygen atoms in total. The first-order chi connectivity index (χ1) is 20.7. The van der Waals surface area contributed by atoms with Crippen LogP contribution < -0.4 is 10.6 Å². The zero-order chi connectivity index (χ0) is 33.1. The molecule has 0 fully saturated rings. The summed E-state index contributed by atoms with van der Waals surface area (Å²) in [6.07, 6.45) is 10.1. The van der Waals surface area contributed by atoms with Crippen LogP contribution in [0.1, 0.15) is 106 Å². The van der Waals surface area contributed by atoms with E-state index in [-0.39, 0.29) is 22.3 Å². The van der Waals surface area contributed by atoms with E-state index in [2.05, 4.69) is 138 Å². The number of carbonyl (C=O) groups is 4. The molecule has 0 aliphatic carbocycles. The number of carboxylic acids is 2. The minimum absolute atomic E-state index is 0.0633. The Balaban J connectivity index is 1.61. The van der Waals surface area contributed by atoms with E-state index >= 15 is 0 Å². The van der Waals surface area contributed by atoms with Crippen LogP contribution in [-0.2, 0) is 0 Å². The lowest BCUT2D eigenvalue weighted by molar-refractivity contribution is 0.0681. The molecule has 2 amide bonds. The topological polar surface area (TPSA) is 133 Å². The highest BCUT2D eigenvalue weighted by Gasteiger charge is 2.29. The molecule has 0 heterocycles. The van der Waals surface area contributed by atoms with E-state index in [9.17, 15) is 29.4 Å². The highest BCUT2D eigenvalue weighted by Crippen LogP contribution is 2.43. The highest BCUT2D eigenvalue weighted by atomic mass is 79.9. The maximum atomic E-state index is 12.8. The molecule has 2 rings (SSSR count). The van der Waals surface area contributed by atoms with E-state index < -0.39 is 23.8 Å². The minimum atomic E-state index is -1.20. The number of amides is 2. The Morgan fingerprint density at radius 3 is 0.864 bits per heavy atom. The summed E-state index contributed by atoms with van der Waals surface area (Å²) in [7, 11) is 0. The Labute approximate surface area is 323 Å². The number of aromatic carboxylic acids is 2. The molecule has 2 aromatic rings. The van der Waals surface area contributed by atoms with E-state index in [0.717, 1.165) is 64.2 Å². The van der Waals surface area contributed by atoms with Crippen LogP contribution in [0.5, 0.6) is 0 Å². The number of rotatable bonds is 17. The van der Waals surface area contributed by atoms with Gasteiger partial charge in [0.15, 0.2) is 0 Å². The van der Waals surface area contributed by atoms with Crippen LogP contribution in [0, 0.1) is 0 Å². The number of carboxylic acid groups (broad SMARTS) is 2. The summed E-state index contributed by atoms with van der Waals surface area (Å²) < 4.78 is 3.44. The fourth-order valence-corrected chi connectivity index (χ4v) is 9.27. The molecule has 242 valence electrons. The summed E-state index contributed by atoms with van der Waals surface area (Å²) in [5.74, 6) is -3.30. The predicted molar refractivity (Wildman–Crippen MR) is 199 cm³/mol. The number of benzene rings is 2. The predicted octanol–water partition coefficient (Wildman–Crippen LogP) is 11.2. The van der Waals surface area contributed by atoms with E-state index in [1.807, 2.05) is 0 Å². The van der Waals surface area contributed by atoms with Crippen molar-refractivity contribution in [2.75, 3.05) is 13.1 Å². The van der Waals surface area contributed by atoms with Crippen molar-refractivity contribution in [3.63, 3.8) is 0 Å². The van der Waals surface area contributed by atoms with Crippen molar-refractivity contribution in [1.82, 2.24) is 10.6 Å². The maximum absolute atomic E-state index is 12.8. The summed E-state index contributed by atoms with van der Waals surface area (Å²) >= 11 is 26.6. The second-order valence-electron chi connectivity index (χ2n) is 9.67. The van der Waals surface area contributed by atoms with Gasteiger partial charge in [-0.1, -0.05) is 51.4 Å². The Kier molecular flexibility index (Phi) is 18.2. The third-order valence-corrected chi connectivity index (χ3v) is 16.1. The van der Waals surface area contributed by atoms with Crippen LogP contribution in [0.15, 0.2) is 35.8 Å². The van der Waals surface area contributed by atoms with Crippen molar-refractivity contribution >= 4 is 151 Å². The van der Waals surface area contributed by atoms with Crippen LogP contribution in [0.4, 0.5) is 0 Å². The molecule has 0 saturated heterocycles. The highest BCUT2D eigenvalue weighted by molar-refractivity contribution is 9.15. The number of hydrogen-bond donors (Lipinski definition) is 4. The molecule has 2 aromatic carbocycles. The van der Waals surface area contributed by atoms with Gasteiger partial charge in [0.25, 0.3) is 11.8 Å². The molecule has 0 unspecified atom stereocenters. The van der Waals surface area contributed by atoms with E-state index in [1.54, 1.807) is 0 Å². The lowest BCUT2D eigenvalue weighted by atomic mass is 10.1. The molecule has 16 heteroatoms. The standard InChI is InChI=1S/C28H28Br8N2O6/c29-17-13(15(27(41)42)19(31)23(35)21(17)33)25(39)37-11-9-7-5-3-1-2-4-6-8-10-12-38-26(40)14-16(28(43)44)20(32)24(36)22(34)18(14)30/h1-12H2,(H,37,39)(H,38,40)(H,41,42)(H,43,44). The van der Waals surface area contributed by atoms with Gasteiger partial charge < -0.3 is 20.8 Å². The maximum Gasteiger partial charge on any atom is 0.337 e. The van der Waals surface area contributed by atoms with E-state index in [1.165, 1.54) is 0 Å². The van der Waals surface area contributed by atoms with Crippen molar-refractivity contribution < 1.29 is 29.4 Å². The summed E-state index contributed by atoms with van der Waals surface area (Å²) in [6.45, 7) is 0.911. The molecule has 0 aliphatic heterocycles. The minimum Gasteiger partial charge on any atom is -0.478 e. The molecule has 0 aliphatic rings. The van der Waals surface area contributed by atoms with Gasteiger partial charge >= 0.3 is 11.9 Å². The monoisotopic (exact) mass is 1120 g/mol.